The maximum absolute atomic E-state index is 12.6. The van der Waals surface area contributed by atoms with Crippen LogP contribution >= 0.6 is 11.8 Å². The van der Waals surface area contributed by atoms with Crippen LogP contribution in [-0.4, -0.2) is 46.6 Å². The predicted molar refractivity (Wildman–Crippen MR) is 154 cm³/mol. The molecule has 11 nitrogen and oxygen atoms in total. The molecule has 2 amide bonds. The molecular formula is C29H31N7O4S. The molecule has 1 saturated heterocycles. The van der Waals surface area contributed by atoms with Crippen molar-refractivity contribution in [3.63, 3.8) is 0 Å². The Morgan fingerprint density at radius 3 is 2.17 bits per heavy atom. The lowest BCUT2D eigenvalue weighted by molar-refractivity contribution is -0.127. The number of carbonyl (C=O) groups is 2. The summed E-state index contributed by atoms with van der Waals surface area (Å²) >= 11 is 1.24. The number of nitrogens with zero attached hydrogens (tertiary/aromatic N) is 3. The second-order valence-corrected chi connectivity index (χ2v) is 10.3. The number of para-hydroxylation sites is 1. The van der Waals surface area contributed by atoms with Gasteiger partial charge >= 0.3 is 0 Å². The molecule has 0 bridgehead atoms. The number of benzene rings is 3. The monoisotopic (exact) mass is 573 g/mol. The number of thioether (sulfide) groups is 1. The third-order valence-electron chi connectivity index (χ3n) is 6.60. The highest BCUT2D eigenvalue weighted by Crippen LogP contribution is 2.33. The fraction of sp³-hybridized carbons (Fsp3) is 0.241. The zero-order chi connectivity index (χ0) is 28.6. The Morgan fingerprint density at radius 1 is 0.854 bits per heavy atom. The Labute approximate surface area is 242 Å². The first-order chi connectivity index (χ1) is 20.0. The van der Waals surface area contributed by atoms with Gasteiger partial charge in [0.2, 0.25) is 11.8 Å². The molecule has 12 heteroatoms. The Hall–Kier alpha value is -4.39. The van der Waals surface area contributed by atoms with Crippen LogP contribution in [0.25, 0.3) is 5.69 Å². The predicted octanol–water partition coefficient (Wildman–Crippen LogP) is 3.05. The van der Waals surface area contributed by atoms with Crippen LogP contribution in [0.5, 0.6) is 11.5 Å². The topological polar surface area (TPSA) is 131 Å². The molecule has 0 spiro atoms. The van der Waals surface area contributed by atoms with Crippen LogP contribution in [0, 0.1) is 0 Å². The molecule has 0 saturated carbocycles. The molecule has 3 aromatic carbocycles. The van der Waals surface area contributed by atoms with Gasteiger partial charge in [0.15, 0.2) is 11.0 Å². The van der Waals surface area contributed by atoms with Crippen molar-refractivity contribution in [3.8, 4) is 17.2 Å². The number of aromatic nitrogens is 3. The zero-order valence-electron chi connectivity index (χ0n) is 22.7. The van der Waals surface area contributed by atoms with Crippen LogP contribution in [0.2, 0.25) is 0 Å². The summed E-state index contributed by atoms with van der Waals surface area (Å²) in [5.74, 6) is 1.61. The molecule has 1 aliphatic rings. The van der Waals surface area contributed by atoms with E-state index < -0.39 is 0 Å². The van der Waals surface area contributed by atoms with E-state index in [1.165, 1.54) is 11.8 Å². The number of hydrazine groups is 2. The van der Waals surface area contributed by atoms with Gasteiger partial charge in [0.25, 0.3) is 0 Å². The van der Waals surface area contributed by atoms with E-state index in [0.29, 0.717) is 10.9 Å². The second kappa shape index (κ2) is 13.3. The summed E-state index contributed by atoms with van der Waals surface area (Å²) in [4.78, 5) is 24.8. The fourth-order valence-electron chi connectivity index (χ4n) is 4.48. The van der Waals surface area contributed by atoms with Crippen LogP contribution in [0.1, 0.15) is 35.5 Å². The number of carbonyl (C=O) groups excluding carboxylic acids is 2. The van der Waals surface area contributed by atoms with E-state index in [-0.39, 0.29) is 36.1 Å². The van der Waals surface area contributed by atoms with Gasteiger partial charge < -0.3 is 9.47 Å². The first-order valence-corrected chi connectivity index (χ1v) is 14.0. The Kier molecular flexibility index (Phi) is 9.14. The minimum atomic E-state index is -0.359. The largest absolute Gasteiger partial charge is 0.497 e. The molecule has 1 aromatic heterocycles. The van der Waals surface area contributed by atoms with Crippen molar-refractivity contribution < 1.29 is 19.1 Å². The molecule has 2 atom stereocenters. The van der Waals surface area contributed by atoms with E-state index in [0.717, 1.165) is 34.8 Å². The molecule has 2 unspecified atom stereocenters. The minimum Gasteiger partial charge on any atom is -0.497 e. The van der Waals surface area contributed by atoms with E-state index in [2.05, 4.69) is 31.9 Å². The van der Waals surface area contributed by atoms with Crippen molar-refractivity contribution in [1.82, 2.24) is 36.5 Å². The molecule has 1 aliphatic heterocycles. The average Bonchev–Trinajstić information content (AvgIpc) is 3.67. The summed E-state index contributed by atoms with van der Waals surface area (Å²) in [6, 6.07) is 24.9. The summed E-state index contributed by atoms with van der Waals surface area (Å²) in [7, 11) is 3.23. The standard InChI is InChI=1S/C29H31N7O4S/c1-39-22-12-8-19(9-13-22)16-26(37)32-33-27(38)18-41-29-35-34-28(36(29)21-6-4-3-5-7-21)25-17-24(30-31-25)20-10-14-23(40-2)15-11-20/h3-15,24-25,30-31H,16-18H2,1-2H3,(H,32,37)(H,33,38). The number of hydrogen-bond donors (Lipinski definition) is 4. The smallest absolute Gasteiger partial charge is 0.248 e. The average molecular weight is 574 g/mol. The quantitative estimate of drug-likeness (QED) is 0.167. The lowest BCUT2D eigenvalue weighted by Gasteiger charge is -2.14. The van der Waals surface area contributed by atoms with Crippen molar-refractivity contribution in [2.75, 3.05) is 20.0 Å². The molecule has 5 rings (SSSR count). The second-order valence-electron chi connectivity index (χ2n) is 9.32. The first-order valence-electron chi connectivity index (χ1n) is 13.0. The minimum absolute atomic E-state index is 0.0403. The number of hydrogen-bond acceptors (Lipinski definition) is 9. The van der Waals surface area contributed by atoms with Crippen LogP contribution in [0.3, 0.4) is 0 Å². The van der Waals surface area contributed by atoms with Gasteiger partial charge in [-0.05, 0) is 53.9 Å². The molecular weight excluding hydrogens is 542 g/mol. The summed E-state index contributed by atoms with van der Waals surface area (Å²) in [5.41, 5.74) is 14.5. The van der Waals surface area contributed by atoms with Gasteiger partial charge in [0.05, 0.1) is 32.4 Å². The van der Waals surface area contributed by atoms with Crippen LogP contribution in [0.4, 0.5) is 0 Å². The zero-order valence-corrected chi connectivity index (χ0v) is 23.5. The molecule has 1 fully saturated rings. The molecule has 0 aliphatic carbocycles. The SMILES string of the molecule is COc1ccc(CC(=O)NNC(=O)CSc2nnc(C3CC(c4ccc(OC)cc4)NN3)n2-c2ccccc2)cc1. The van der Waals surface area contributed by atoms with E-state index >= 15 is 0 Å². The van der Waals surface area contributed by atoms with Gasteiger partial charge in [-0.25, -0.2) is 10.9 Å². The molecule has 212 valence electrons. The van der Waals surface area contributed by atoms with Gasteiger partial charge in [-0.15, -0.1) is 10.2 Å². The number of rotatable bonds is 10. The van der Waals surface area contributed by atoms with Gasteiger partial charge in [0, 0.05) is 11.7 Å². The molecule has 4 aromatic rings. The van der Waals surface area contributed by atoms with E-state index in [1.54, 1.807) is 38.5 Å². The van der Waals surface area contributed by atoms with Crippen LogP contribution in [0.15, 0.2) is 84.0 Å². The normalized spacial score (nSPS) is 16.2. The first kappa shape index (κ1) is 28.1. The fourth-order valence-corrected chi connectivity index (χ4v) is 5.24. The maximum Gasteiger partial charge on any atom is 0.248 e. The lowest BCUT2D eigenvalue weighted by Crippen LogP contribution is -2.43. The molecule has 4 N–H and O–H groups in total. The third kappa shape index (κ3) is 7.04. The van der Waals surface area contributed by atoms with Crippen molar-refractivity contribution in [2.24, 2.45) is 0 Å². The van der Waals surface area contributed by atoms with Gasteiger partial charge in [0.1, 0.15) is 11.5 Å². The Morgan fingerprint density at radius 2 is 1.49 bits per heavy atom. The molecule has 0 radical (unpaired) electrons. The highest BCUT2D eigenvalue weighted by molar-refractivity contribution is 7.99. The highest BCUT2D eigenvalue weighted by atomic mass is 32.2. The summed E-state index contributed by atoms with van der Waals surface area (Å²) in [6.07, 6.45) is 0.881. The number of amides is 2. The molecule has 41 heavy (non-hydrogen) atoms. The van der Waals surface area contributed by atoms with Crippen molar-refractivity contribution in [1.29, 1.82) is 0 Å². The van der Waals surface area contributed by atoms with Crippen LogP contribution < -0.4 is 31.2 Å². The Balaban J connectivity index is 1.21. The highest BCUT2D eigenvalue weighted by Gasteiger charge is 2.31. The van der Waals surface area contributed by atoms with Gasteiger partial charge in [-0.3, -0.25) is 25.0 Å². The van der Waals surface area contributed by atoms with Crippen LogP contribution in [-0.2, 0) is 16.0 Å². The van der Waals surface area contributed by atoms with Gasteiger partial charge in [-0.2, -0.15) is 0 Å². The third-order valence-corrected chi connectivity index (χ3v) is 7.53. The maximum atomic E-state index is 12.6. The summed E-state index contributed by atoms with van der Waals surface area (Å²) in [6.45, 7) is 0. The van der Waals surface area contributed by atoms with Crippen molar-refractivity contribution >= 4 is 23.6 Å². The number of methoxy groups -OCH3 is 2. The van der Waals surface area contributed by atoms with Crippen molar-refractivity contribution in [3.05, 3.63) is 95.8 Å². The summed E-state index contributed by atoms with van der Waals surface area (Å²) < 4.78 is 12.4. The lowest BCUT2D eigenvalue weighted by atomic mass is 10.0. The van der Waals surface area contributed by atoms with E-state index in [9.17, 15) is 9.59 Å². The van der Waals surface area contributed by atoms with E-state index in [4.69, 9.17) is 9.47 Å². The number of ether oxygens (including phenoxy) is 2. The number of nitrogens with one attached hydrogen (secondary N) is 4. The van der Waals surface area contributed by atoms with E-state index in [1.807, 2.05) is 59.2 Å². The van der Waals surface area contributed by atoms with Crippen molar-refractivity contribution in [2.45, 2.75) is 30.1 Å². The Bertz CT molecular complexity index is 1460. The van der Waals surface area contributed by atoms with Gasteiger partial charge in [-0.1, -0.05) is 54.2 Å². The summed E-state index contributed by atoms with van der Waals surface area (Å²) in [5, 5.41) is 9.48. The molecule has 2 heterocycles.